The van der Waals surface area contributed by atoms with Crippen molar-refractivity contribution >= 4 is 12.4 Å². The van der Waals surface area contributed by atoms with Crippen LogP contribution in [0.4, 0.5) is 0 Å². The fourth-order valence-electron chi connectivity index (χ4n) is 5.85. The van der Waals surface area contributed by atoms with Crippen LogP contribution in [0.1, 0.15) is 129 Å². The third-order valence-corrected chi connectivity index (χ3v) is 9.11. The van der Waals surface area contributed by atoms with Gasteiger partial charge < -0.3 is 53.2 Å². The predicted octanol–water partition coefficient (Wildman–Crippen LogP) is 4.37. The predicted molar refractivity (Wildman–Crippen MR) is 230 cm³/mol. The lowest BCUT2D eigenvalue weighted by Crippen LogP contribution is -2.23. The first-order valence-corrected chi connectivity index (χ1v) is 22.0. The summed E-state index contributed by atoms with van der Waals surface area (Å²) in [7, 11) is 0. The van der Waals surface area contributed by atoms with Crippen LogP contribution in [0.25, 0.3) is 0 Å². The van der Waals surface area contributed by atoms with Gasteiger partial charge >= 0.3 is 0 Å². The Morgan fingerprint density at radius 1 is 0.176 bits per heavy atom. The maximum atomic E-state index is 3.62. The van der Waals surface area contributed by atoms with Crippen molar-refractivity contribution in [1.29, 1.82) is 0 Å². The number of halogens is 1. The molecule has 0 aliphatic heterocycles. The molecule has 0 saturated carbocycles. The molecule has 0 radical (unpaired) electrons. The zero-order valence-electron chi connectivity index (χ0n) is 34.3. The third-order valence-electron chi connectivity index (χ3n) is 9.11. The Hall–Kier alpha value is -0.110. The fourth-order valence-corrected chi connectivity index (χ4v) is 5.85. The van der Waals surface area contributed by atoms with Gasteiger partial charge in [0.05, 0.1) is 0 Å². The zero-order valence-corrected chi connectivity index (χ0v) is 35.1. The lowest BCUT2D eigenvalue weighted by Gasteiger charge is -2.08. The molecule has 0 aliphatic rings. The van der Waals surface area contributed by atoms with Gasteiger partial charge in [0.1, 0.15) is 0 Å². The Morgan fingerprint density at radius 2 is 0.275 bits per heavy atom. The Balaban J connectivity index is 0. The van der Waals surface area contributed by atoms with Crippen LogP contribution < -0.4 is 53.2 Å². The maximum Gasteiger partial charge on any atom is -0.00484 e. The second kappa shape index (κ2) is 52.0. The minimum Gasteiger partial charge on any atom is -0.317 e. The van der Waals surface area contributed by atoms with E-state index in [1.54, 1.807) is 0 Å². The van der Waals surface area contributed by atoms with E-state index in [2.05, 4.69) is 67.0 Å². The minimum absolute atomic E-state index is 0. The number of hydrogen-bond donors (Lipinski definition) is 10. The molecule has 51 heavy (non-hydrogen) atoms. The molecule has 11 heteroatoms. The van der Waals surface area contributed by atoms with Gasteiger partial charge in [-0.2, -0.15) is 0 Å². The first-order chi connectivity index (χ1) is 24.9. The van der Waals surface area contributed by atoms with Crippen molar-refractivity contribution in [3.63, 3.8) is 0 Å². The van der Waals surface area contributed by atoms with Gasteiger partial charge in [-0.1, -0.05) is 13.8 Å². The summed E-state index contributed by atoms with van der Waals surface area (Å²) in [4.78, 5) is 0. The summed E-state index contributed by atoms with van der Waals surface area (Å²) in [6, 6.07) is 0. The van der Waals surface area contributed by atoms with Gasteiger partial charge in [0.15, 0.2) is 0 Å². The molecule has 0 aromatic carbocycles. The average molecular weight is 750 g/mol. The molecule has 0 aromatic heterocycles. The molecule has 0 saturated heterocycles. The molecule has 0 spiro atoms. The summed E-state index contributed by atoms with van der Waals surface area (Å²) in [6.07, 6.45) is 23.0. The first kappa shape index (κ1) is 53.0. The van der Waals surface area contributed by atoms with Gasteiger partial charge in [0.2, 0.25) is 0 Å². The van der Waals surface area contributed by atoms with Gasteiger partial charge in [-0.15, -0.1) is 12.4 Å². The molecule has 0 fully saturated rings. The molecule has 0 rings (SSSR count). The Labute approximate surface area is 325 Å². The highest BCUT2D eigenvalue weighted by Crippen LogP contribution is 1.93. The Kier molecular flexibility index (Phi) is 54.0. The zero-order chi connectivity index (χ0) is 35.9. The van der Waals surface area contributed by atoms with Crippen molar-refractivity contribution in [3.05, 3.63) is 0 Å². The van der Waals surface area contributed by atoms with E-state index < -0.39 is 0 Å². The molecule has 0 atom stereocenters. The molecule has 0 aliphatic carbocycles. The smallest absolute Gasteiger partial charge is 0.00484 e. The van der Waals surface area contributed by atoms with Crippen LogP contribution in [0.15, 0.2) is 0 Å². The SMILES string of the molecule is CCNCCCCNCCCCNCCCCNCCCCNCCCCNCCCCNCCCCNCCCCNCCCCNCC.Cl. The van der Waals surface area contributed by atoms with Gasteiger partial charge in [-0.05, 0) is 246 Å². The van der Waals surface area contributed by atoms with Crippen molar-refractivity contribution in [2.75, 3.05) is 131 Å². The Morgan fingerprint density at radius 3 is 0.373 bits per heavy atom. The average Bonchev–Trinajstić information content (AvgIpc) is 3.13. The summed E-state index contributed by atoms with van der Waals surface area (Å²) in [5.41, 5.74) is 0. The van der Waals surface area contributed by atoms with Crippen molar-refractivity contribution in [3.8, 4) is 0 Å². The Bertz CT molecular complexity index is 531. The normalized spacial score (nSPS) is 11.4. The monoisotopic (exact) mass is 749 g/mol. The highest BCUT2D eigenvalue weighted by molar-refractivity contribution is 5.85. The van der Waals surface area contributed by atoms with Crippen molar-refractivity contribution < 1.29 is 0 Å². The second-order valence-electron chi connectivity index (χ2n) is 14.1. The maximum absolute atomic E-state index is 3.62. The van der Waals surface area contributed by atoms with Crippen molar-refractivity contribution in [2.45, 2.75) is 129 Å². The molecule has 0 unspecified atom stereocenters. The lowest BCUT2D eigenvalue weighted by molar-refractivity contribution is 0.527. The van der Waals surface area contributed by atoms with E-state index >= 15 is 0 Å². The summed E-state index contributed by atoms with van der Waals surface area (Å²) >= 11 is 0. The molecule has 0 amide bonds. The second-order valence-corrected chi connectivity index (χ2v) is 14.1. The quantitative estimate of drug-likeness (QED) is 0.0412. The lowest BCUT2D eigenvalue weighted by atomic mass is 10.2. The largest absolute Gasteiger partial charge is 0.317 e. The number of rotatable bonds is 47. The van der Waals surface area contributed by atoms with E-state index in [0.717, 1.165) is 131 Å². The van der Waals surface area contributed by atoms with Gasteiger partial charge in [-0.3, -0.25) is 0 Å². The molecule has 0 aromatic rings. The van der Waals surface area contributed by atoms with E-state index in [1.807, 2.05) is 0 Å². The van der Waals surface area contributed by atoms with E-state index in [0.29, 0.717) is 0 Å². The van der Waals surface area contributed by atoms with E-state index in [-0.39, 0.29) is 12.4 Å². The molecular formula is C40H93ClN10. The van der Waals surface area contributed by atoms with Crippen molar-refractivity contribution in [1.82, 2.24) is 53.2 Å². The van der Waals surface area contributed by atoms with Crippen LogP contribution in [0.2, 0.25) is 0 Å². The standard InChI is InChI=1S/C40H92N10.ClH/c1-3-41-23-5-7-25-43-27-9-11-29-45-31-13-15-33-47-35-17-19-37-49-39-21-22-40-50-38-20-18-36-48-34-16-14-32-46-30-12-10-28-44-26-8-6-24-42-4-2;/h41-50H,3-40H2,1-2H3;1H. The van der Waals surface area contributed by atoms with Gasteiger partial charge in [0, 0.05) is 0 Å². The third kappa shape index (κ3) is 52.0. The van der Waals surface area contributed by atoms with Crippen molar-refractivity contribution in [2.24, 2.45) is 0 Å². The van der Waals surface area contributed by atoms with E-state index in [1.165, 1.54) is 116 Å². The summed E-state index contributed by atoms with van der Waals surface area (Å²) in [6.45, 7) is 27.4. The fraction of sp³-hybridized carbons (Fsp3) is 1.00. The van der Waals surface area contributed by atoms with Crippen LogP contribution >= 0.6 is 12.4 Å². The molecule has 10 N–H and O–H groups in total. The van der Waals surface area contributed by atoms with Gasteiger partial charge in [0.25, 0.3) is 0 Å². The summed E-state index contributed by atoms with van der Waals surface area (Å²) < 4.78 is 0. The van der Waals surface area contributed by atoms with Crippen LogP contribution in [0.5, 0.6) is 0 Å². The van der Waals surface area contributed by atoms with E-state index in [9.17, 15) is 0 Å². The summed E-state index contributed by atoms with van der Waals surface area (Å²) in [5, 5.41) is 35.6. The van der Waals surface area contributed by atoms with E-state index in [4.69, 9.17) is 0 Å². The molecule has 310 valence electrons. The number of nitrogens with one attached hydrogen (secondary N) is 10. The molecular weight excluding hydrogens is 656 g/mol. The van der Waals surface area contributed by atoms with Crippen LogP contribution in [0.3, 0.4) is 0 Å². The minimum atomic E-state index is 0. The van der Waals surface area contributed by atoms with Gasteiger partial charge in [-0.25, -0.2) is 0 Å². The molecule has 10 nitrogen and oxygen atoms in total. The van der Waals surface area contributed by atoms with Crippen LogP contribution in [-0.2, 0) is 0 Å². The first-order valence-electron chi connectivity index (χ1n) is 22.0. The topological polar surface area (TPSA) is 120 Å². The van der Waals surface area contributed by atoms with Crippen LogP contribution in [0, 0.1) is 0 Å². The van der Waals surface area contributed by atoms with Crippen LogP contribution in [-0.4, -0.2) is 131 Å². The highest BCUT2D eigenvalue weighted by Gasteiger charge is 1.96. The molecule has 0 bridgehead atoms. The number of unbranched alkanes of at least 4 members (excludes halogenated alkanes) is 9. The summed E-state index contributed by atoms with van der Waals surface area (Å²) in [5.74, 6) is 0. The highest BCUT2D eigenvalue weighted by atomic mass is 35.5. The number of hydrogen-bond acceptors (Lipinski definition) is 10. The molecule has 0 heterocycles.